The number of rotatable bonds is 2. The second-order valence-corrected chi connectivity index (χ2v) is 4.76. The van der Waals surface area contributed by atoms with Crippen LogP contribution in [0.1, 0.15) is 30.3 Å². The van der Waals surface area contributed by atoms with E-state index in [1.165, 1.54) is 0 Å². The average Bonchev–Trinajstić information content (AvgIpc) is 3.07. The maximum absolute atomic E-state index is 9.15. The Labute approximate surface area is 115 Å². The molecule has 6 heteroatoms. The first-order valence-corrected chi connectivity index (χ1v) is 6.40. The third-order valence-corrected chi connectivity index (χ3v) is 3.33. The standard InChI is InChI=1S/C13H11ClN4O/c14-9-3-1-4-10(7-9)18-13(11(8-15)16-17-18)12-5-2-6-19-12/h1,3-4,7,12H,2,5-6H2. The van der Waals surface area contributed by atoms with Gasteiger partial charge >= 0.3 is 0 Å². The number of benzene rings is 1. The summed E-state index contributed by atoms with van der Waals surface area (Å²) in [6.07, 6.45) is 1.74. The fourth-order valence-electron chi connectivity index (χ4n) is 2.25. The quantitative estimate of drug-likeness (QED) is 0.844. The Hall–Kier alpha value is -1.90. The van der Waals surface area contributed by atoms with Crippen molar-refractivity contribution in [2.75, 3.05) is 6.61 Å². The number of nitrogens with zero attached hydrogens (tertiary/aromatic N) is 4. The molecule has 5 nitrogen and oxygen atoms in total. The van der Waals surface area contributed by atoms with Gasteiger partial charge in [0.15, 0.2) is 5.69 Å². The molecular formula is C13H11ClN4O. The van der Waals surface area contributed by atoms with Crippen molar-refractivity contribution in [3.05, 3.63) is 40.7 Å². The molecule has 1 aromatic heterocycles. The molecular weight excluding hydrogens is 264 g/mol. The molecule has 0 N–H and O–H groups in total. The third-order valence-electron chi connectivity index (χ3n) is 3.10. The van der Waals surface area contributed by atoms with E-state index in [2.05, 4.69) is 16.4 Å². The summed E-state index contributed by atoms with van der Waals surface area (Å²) in [5.74, 6) is 0. The molecule has 2 aromatic rings. The van der Waals surface area contributed by atoms with E-state index < -0.39 is 0 Å². The molecule has 0 radical (unpaired) electrons. The molecule has 0 saturated carbocycles. The number of hydrogen-bond acceptors (Lipinski definition) is 4. The fraction of sp³-hybridized carbons (Fsp3) is 0.308. The van der Waals surface area contributed by atoms with Crippen LogP contribution < -0.4 is 0 Å². The third kappa shape index (κ3) is 2.21. The molecule has 0 spiro atoms. The van der Waals surface area contributed by atoms with Gasteiger partial charge in [-0.05, 0) is 31.0 Å². The van der Waals surface area contributed by atoms with Gasteiger partial charge in [0.05, 0.1) is 5.69 Å². The minimum Gasteiger partial charge on any atom is -0.372 e. The summed E-state index contributed by atoms with van der Waals surface area (Å²) in [6, 6.07) is 9.36. The molecule has 0 bridgehead atoms. The van der Waals surface area contributed by atoms with Gasteiger partial charge in [0.1, 0.15) is 17.9 Å². The average molecular weight is 275 g/mol. The summed E-state index contributed by atoms with van der Waals surface area (Å²) in [5, 5.41) is 17.7. The van der Waals surface area contributed by atoms with Crippen LogP contribution in [0.15, 0.2) is 24.3 Å². The zero-order valence-electron chi connectivity index (χ0n) is 10.1. The monoisotopic (exact) mass is 274 g/mol. The summed E-state index contributed by atoms with van der Waals surface area (Å²) >= 11 is 5.99. The lowest BCUT2D eigenvalue weighted by Crippen LogP contribution is -2.08. The molecule has 1 atom stereocenters. The lowest BCUT2D eigenvalue weighted by molar-refractivity contribution is 0.106. The molecule has 1 aromatic carbocycles. The number of ether oxygens (including phenoxy) is 1. The van der Waals surface area contributed by atoms with E-state index in [-0.39, 0.29) is 6.10 Å². The van der Waals surface area contributed by atoms with Crippen molar-refractivity contribution in [3.63, 3.8) is 0 Å². The van der Waals surface area contributed by atoms with Gasteiger partial charge in [-0.15, -0.1) is 5.10 Å². The molecule has 0 amide bonds. The molecule has 1 aliphatic rings. The van der Waals surface area contributed by atoms with E-state index >= 15 is 0 Å². The largest absolute Gasteiger partial charge is 0.372 e. The molecule has 3 rings (SSSR count). The minimum atomic E-state index is -0.122. The first kappa shape index (κ1) is 12.2. The zero-order chi connectivity index (χ0) is 13.2. The first-order valence-electron chi connectivity index (χ1n) is 6.03. The highest BCUT2D eigenvalue weighted by Gasteiger charge is 2.27. The molecule has 1 saturated heterocycles. The minimum absolute atomic E-state index is 0.122. The zero-order valence-corrected chi connectivity index (χ0v) is 10.8. The highest BCUT2D eigenvalue weighted by Crippen LogP contribution is 2.31. The molecule has 1 aliphatic heterocycles. The van der Waals surface area contributed by atoms with Gasteiger partial charge in [0, 0.05) is 11.6 Å². The fourth-order valence-corrected chi connectivity index (χ4v) is 2.43. The summed E-state index contributed by atoms with van der Waals surface area (Å²) in [7, 11) is 0. The second-order valence-electron chi connectivity index (χ2n) is 4.33. The van der Waals surface area contributed by atoms with Gasteiger partial charge in [-0.25, -0.2) is 4.68 Å². The van der Waals surface area contributed by atoms with Crippen LogP contribution in [0.3, 0.4) is 0 Å². The van der Waals surface area contributed by atoms with Crippen LogP contribution >= 0.6 is 11.6 Å². The Morgan fingerprint density at radius 2 is 2.37 bits per heavy atom. The van der Waals surface area contributed by atoms with Gasteiger partial charge in [0.2, 0.25) is 0 Å². The smallest absolute Gasteiger partial charge is 0.189 e. The van der Waals surface area contributed by atoms with Crippen LogP contribution in [0, 0.1) is 11.3 Å². The molecule has 0 aliphatic carbocycles. The number of halogens is 1. The Bertz CT molecular complexity index is 640. The lowest BCUT2D eigenvalue weighted by Gasteiger charge is -2.12. The SMILES string of the molecule is N#Cc1nnn(-c2cccc(Cl)c2)c1C1CCCO1. The number of nitriles is 1. The Morgan fingerprint density at radius 3 is 3.05 bits per heavy atom. The van der Waals surface area contributed by atoms with E-state index in [0.29, 0.717) is 23.0 Å². The summed E-state index contributed by atoms with van der Waals surface area (Å²) in [5.41, 5.74) is 1.81. The Balaban J connectivity index is 2.11. The van der Waals surface area contributed by atoms with Crippen LogP contribution in [0.25, 0.3) is 5.69 Å². The molecule has 2 heterocycles. The van der Waals surface area contributed by atoms with Gasteiger partial charge in [-0.2, -0.15) is 5.26 Å². The number of hydrogen-bond donors (Lipinski definition) is 0. The molecule has 1 fully saturated rings. The lowest BCUT2D eigenvalue weighted by atomic mass is 10.1. The predicted molar refractivity (Wildman–Crippen MR) is 69.0 cm³/mol. The Morgan fingerprint density at radius 1 is 1.47 bits per heavy atom. The van der Waals surface area contributed by atoms with Crippen molar-refractivity contribution < 1.29 is 4.74 Å². The van der Waals surface area contributed by atoms with Gasteiger partial charge in [0.25, 0.3) is 0 Å². The van der Waals surface area contributed by atoms with Crippen LogP contribution in [-0.2, 0) is 4.74 Å². The predicted octanol–water partition coefficient (Wildman–Crippen LogP) is 2.64. The molecule has 1 unspecified atom stereocenters. The van der Waals surface area contributed by atoms with E-state index in [1.54, 1.807) is 16.8 Å². The van der Waals surface area contributed by atoms with Crippen LogP contribution in [-0.4, -0.2) is 21.6 Å². The van der Waals surface area contributed by atoms with Crippen molar-refractivity contribution in [1.29, 1.82) is 5.26 Å². The van der Waals surface area contributed by atoms with E-state index in [4.69, 9.17) is 21.6 Å². The van der Waals surface area contributed by atoms with Crippen LogP contribution in [0.5, 0.6) is 0 Å². The van der Waals surface area contributed by atoms with Crippen molar-refractivity contribution in [2.45, 2.75) is 18.9 Å². The highest BCUT2D eigenvalue weighted by molar-refractivity contribution is 6.30. The van der Waals surface area contributed by atoms with Crippen LogP contribution in [0.4, 0.5) is 0 Å². The van der Waals surface area contributed by atoms with Gasteiger partial charge in [-0.1, -0.05) is 22.9 Å². The maximum atomic E-state index is 9.15. The van der Waals surface area contributed by atoms with Crippen LogP contribution in [0.2, 0.25) is 5.02 Å². The summed E-state index contributed by atoms with van der Waals surface area (Å²) < 4.78 is 7.29. The van der Waals surface area contributed by atoms with Crippen molar-refractivity contribution in [3.8, 4) is 11.8 Å². The maximum Gasteiger partial charge on any atom is 0.189 e. The normalized spacial score (nSPS) is 18.4. The van der Waals surface area contributed by atoms with E-state index in [1.807, 2.05) is 12.1 Å². The first-order chi connectivity index (χ1) is 9.29. The molecule has 19 heavy (non-hydrogen) atoms. The van der Waals surface area contributed by atoms with Gasteiger partial charge in [-0.3, -0.25) is 0 Å². The van der Waals surface area contributed by atoms with Crippen molar-refractivity contribution in [2.24, 2.45) is 0 Å². The van der Waals surface area contributed by atoms with E-state index in [9.17, 15) is 0 Å². The highest BCUT2D eigenvalue weighted by atomic mass is 35.5. The molecule has 96 valence electrons. The van der Waals surface area contributed by atoms with Gasteiger partial charge < -0.3 is 4.74 Å². The van der Waals surface area contributed by atoms with Crippen molar-refractivity contribution in [1.82, 2.24) is 15.0 Å². The Kier molecular flexibility index (Phi) is 3.20. The van der Waals surface area contributed by atoms with Crippen molar-refractivity contribution >= 4 is 11.6 Å². The second kappa shape index (κ2) is 5.00. The van der Waals surface area contributed by atoms with E-state index in [0.717, 1.165) is 18.5 Å². The number of aromatic nitrogens is 3. The summed E-state index contributed by atoms with van der Waals surface area (Å²) in [4.78, 5) is 0. The topological polar surface area (TPSA) is 63.7 Å². The summed E-state index contributed by atoms with van der Waals surface area (Å²) in [6.45, 7) is 0.705.